The van der Waals surface area contributed by atoms with Crippen LogP contribution in [0.3, 0.4) is 0 Å². The van der Waals surface area contributed by atoms with Gasteiger partial charge < -0.3 is 5.32 Å². The number of aryl methyl sites for hydroxylation is 1. The molecule has 0 aliphatic carbocycles. The maximum absolute atomic E-state index is 13.6. The molecule has 2 heterocycles. The molecule has 10 heteroatoms. The highest BCUT2D eigenvalue weighted by Gasteiger charge is 2.26. The van der Waals surface area contributed by atoms with Gasteiger partial charge in [0.05, 0.1) is 22.6 Å². The van der Waals surface area contributed by atoms with Gasteiger partial charge in [-0.1, -0.05) is 23.8 Å². The predicted molar refractivity (Wildman–Crippen MR) is 110 cm³/mol. The normalized spacial score (nSPS) is 15.4. The maximum atomic E-state index is 13.6. The average molecular weight is 431 g/mol. The summed E-state index contributed by atoms with van der Waals surface area (Å²) >= 11 is 0. The second kappa shape index (κ2) is 8.49. The van der Waals surface area contributed by atoms with Crippen LogP contribution in [0.5, 0.6) is 0 Å². The lowest BCUT2D eigenvalue weighted by atomic mass is 10.2. The van der Waals surface area contributed by atoms with Crippen LogP contribution in [0.15, 0.2) is 47.4 Å². The highest BCUT2D eigenvalue weighted by Crippen LogP contribution is 2.23. The third kappa shape index (κ3) is 4.19. The molecule has 1 aromatic heterocycles. The van der Waals surface area contributed by atoms with Crippen molar-refractivity contribution in [1.29, 1.82) is 0 Å². The van der Waals surface area contributed by atoms with Crippen LogP contribution in [0.1, 0.15) is 25.7 Å². The van der Waals surface area contributed by atoms with Crippen molar-refractivity contribution in [2.75, 3.05) is 18.4 Å². The number of rotatable bonds is 6. The number of piperidine rings is 1. The van der Waals surface area contributed by atoms with Crippen molar-refractivity contribution in [2.45, 2.75) is 37.1 Å². The Balaban J connectivity index is 1.46. The van der Waals surface area contributed by atoms with E-state index in [-0.39, 0.29) is 29.5 Å². The number of carbonyl (C=O) groups is 1. The maximum Gasteiger partial charge on any atom is 0.243 e. The van der Waals surface area contributed by atoms with Crippen LogP contribution < -0.4 is 5.32 Å². The molecule has 1 aliphatic rings. The van der Waals surface area contributed by atoms with Gasteiger partial charge in [-0.15, -0.1) is 5.10 Å². The van der Waals surface area contributed by atoms with Crippen LogP contribution in [-0.2, 0) is 21.4 Å². The van der Waals surface area contributed by atoms with E-state index in [1.165, 1.54) is 27.2 Å². The van der Waals surface area contributed by atoms with Gasteiger partial charge in [-0.05, 0) is 43.2 Å². The molecule has 1 amide bonds. The molecule has 0 spiro atoms. The molecule has 0 saturated carbocycles. The number of para-hydroxylation sites is 1. The molecule has 4 rings (SSSR count). The van der Waals surface area contributed by atoms with Crippen LogP contribution in [0.2, 0.25) is 0 Å². The molecule has 1 aliphatic heterocycles. The first-order valence-corrected chi connectivity index (χ1v) is 11.3. The molecule has 0 atom stereocenters. The van der Waals surface area contributed by atoms with Crippen molar-refractivity contribution in [3.8, 4) is 0 Å². The smallest absolute Gasteiger partial charge is 0.243 e. The molecule has 0 unspecified atom stereocenters. The Morgan fingerprint density at radius 2 is 1.87 bits per heavy atom. The zero-order valence-electron chi connectivity index (χ0n) is 16.3. The fourth-order valence-electron chi connectivity index (χ4n) is 3.51. The Kier molecular flexibility index (Phi) is 5.78. The number of carbonyl (C=O) groups excluding carboxylic acids is 1. The SMILES string of the molecule is O=C(CCn1nnc2cc(S(=O)(=O)N3CCCCC3)ccc21)Nc1ccccc1F. The number of amides is 1. The third-order valence-corrected chi connectivity index (χ3v) is 7.03. The lowest BCUT2D eigenvalue weighted by Gasteiger charge is -2.25. The van der Waals surface area contributed by atoms with Gasteiger partial charge >= 0.3 is 0 Å². The van der Waals surface area contributed by atoms with Gasteiger partial charge in [0, 0.05) is 19.5 Å². The van der Waals surface area contributed by atoms with E-state index in [1.54, 1.807) is 24.3 Å². The summed E-state index contributed by atoms with van der Waals surface area (Å²) in [5.41, 5.74) is 1.20. The minimum absolute atomic E-state index is 0.0701. The van der Waals surface area contributed by atoms with E-state index in [1.807, 2.05) is 0 Å². The van der Waals surface area contributed by atoms with E-state index >= 15 is 0 Å². The number of sulfonamides is 1. The van der Waals surface area contributed by atoms with E-state index in [0.29, 0.717) is 24.1 Å². The molecule has 158 valence electrons. The van der Waals surface area contributed by atoms with Crippen LogP contribution in [0.25, 0.3) is 11.0 Å². The molecule has 1 fully saturated rings. The summed E-state index contributed by atoms with van der Waals surface area (Å²) in [7, 11) is -3.55. The van der Waals surface area contributed by atoms with Crippen LogP contribution in [0.4, 0.5) is 10.1 Å². The zero-order chi connectivity index (χ0) is 21.1. The number of nitrogens with zero attached hydrogens (tertiary/aromatic N) is 4. The summed E-state index contributed by atoms with van der Waals surface area (Å²) in [6.45, 7) is 1.30. The number of hydrogen-bond donors (Lipinski definition) is 1. The van der Waals surface area contributed by atoms with E-state index in [0.717, 1.165) is 19.3 Å². The number of halogens is 1. The fourth-order valence-corrected chi connectivity index (χ4v) is 5.05. The fraction of sp³-hybridized carbons (Fsp3) is 0.350. The Hall–Kier alpha value is -2.85. The summed E-state index contributed by atoms with van der Waals surface area (Å²) in [4.78, 5) is 12.3. The lowest BCUT2D eigenvalue weighted by molar-refractivity contribution is -0.116. The number of hydrogen-bond acceptors (Lipinski definition) is 5. The lowest BCUT2D eigenvalue weighted by Crippen LogP contribution is -2.35. The van der Waals surface area contributed by atoms with Gasteiger partial charge in [-0.25, -0.2) is 17.5 Å². The van der Waals surface area contributed by atoms with E-state index < -0.39 is 15.8 Å². The minimum Gasteiger partial charge on any atom is -0.324 e. The van der Waals surface area contributed by atoms with E-state index in [4.69, 9.17) is 0 Å². The van der Waals surface area contributed by atoms with Gasteiger partial charge in [-0.2, -0.15) is 4.31 Å². The van der Waals surface area contributed by atoms with Crippen LogP contribution in [-0.4, -0.2) is 46.7 Å². The first-order valence-electron chi connectivity index (χ1n) is 9.83. The Bertz CT molecular complexity index is 1170. The Labute approximate surface area is 173 Å². The zero-order valence-corrected chi connectivity index (χ0v) is 17.1. The van der Waals surface area contributed by atoms with Crippen molar-refractivity contribution in [1.82, 2.24) is 19.3 Å². The Morgan fingerprint density at radius 3 is 2.63 bits per heavy atom. The molecule has 8 nitrogen and oxygen atoms in total. The second-order valence-electron chi connectivity index (χ2n) is 7.21. The van der Waals surface area contributed by atoms with Crippen molar-refractivity contribution in [3.05, 3.63) is 48.3 Å². The average Bonchev–Trinajstić information content (AvgIpc) is 3.17. The molecule has 1 saturated heterocycles. The second-order valence-corrected chi connectivity index (χ2v) is 9.14. The van der Waals surface area contributed by atoms with Crippen LogP contribution in [0, 0.1) is 5.82 Å². The molecule has 3 aromatic rings. The molecule has 0 radical (unpaired) electrons. The molecule has 30 heavy (non-hydrogen) atoms. The molecule has 2 aromatic carbocycles. The summed E-state index contributed by atoms with van der Waals surface area (Å²) in [6, 6.07) is 10.7. The van der Waals surface area contributed by atoms with Gasteiger partial charge in [0.15, 0.2) is 0 Å². The summed E-state index contributed by atoms with van der Waals surface area (Å²) in [6.07, 6.45) is 2.85. The van der Waals surface area contributed by atoms with Crippen molar-refractivity contribution >= 4 is 32.7 Å². The first kappa shape index (κ1) is 20.4. The Morgan fingerprint density at radius 1 is 1.10 bits per heavy atom. The summed E-state index contributed by atoms with van der Waals surface area (Å²) < 4.78 is 42.4. The summed E-state index contributed by atoms with van der Waals surface area (Å²) in [5.74, 6) is -0.854. The van der Waals surface area contributed by atoms with Crippen molar-refractivity contribution in [3.63, 3.8) is 0 Å². The standard InChI is InChI=1S/C20H22FN5O3S/c21-16-6-2-3-7-17(16)22-20(27)10-13-26-19-9-8-15(14-18(19)23-24-26)30(28,29)25-11-4-1-5-12-25/h2-3,6-9,14H,1,4-5,10-13H2,(H,22,27). The van der Waals surface area contributed by atoms with E-state index in [9.17, 15) is 17.6 Å². The van der Waals surface area contributed by atoms with Gasteiger partial charge in [0.1, 0.15) is 11.3 Å². The number of benzene rings is 2. The number of anilines is 1. The number of nitrogens with one attached hydrogen (secondary N) is 1. The van der Waals surface area contributed by atoms with Gasteiger partial charge in [0.25, 0.3) is 0 Å². The molecule has 1 N–H and O–H groups in total. The third-order valence-electron chi connectivity index (χ3n) is 5.14. The monoisotopic (exact) mass is 431 g/mol. The van der Waals surface area contributed by atoms with Crippen LogP contribution >= 0.6 is 0 Å². The molecule has 0 bridgehead atoms. The topological polar surface area (TPSA) is 97.2 Å². The van der Waals surface area contributed by atoms with Gasteiger partial charge in [-0.3, -0.25) is 4.79 Å². The number of aromatic nitrogens is 3. The largest absolute Gasteiger partial charge is 0.324 e. The van der Waals surface area contributed by atoms with E-state index in [2.05, 4.69) is 15.6 Å². The minimum atomic E-state index is -3.55. The predicted octanol–water partition coefficient (Wildman–Crippen LogP) is 2.77. The van der Waals surface area contributed by atoms with Gasteiger partial charge in [0.2, 0.25) is 15.9 Å². The molecular weight excluding hydrogens is 409 g/mol. The summed E-state index contributed by atoms with van der Waals surface area (Å²) in [5, 5.41) is 10.6. The van der Waals surface area contributed by atoms with Crippen molar-refractivity contribution < 1.29 is 17.6 Å². The number of fused-ring (bicyclic) bond motifs is 1. The first-order chi connectivity index (χ1) is 14.4. The highest BCUT2D eigenvalue weighted by molar-refractivity contribution is 7.89. The quantitative estimate of drug-likeness (QED) is 0.647. The van der Waals surface area contributed by atoms with Crippen molar-refractivity contribution in [2.24, 2.45) is 0 Å². The molecular formula is C20H22FN5O3S. The highest BCUT2D eigenvalue weighted by atomic mass is 32.2.